The number of carbonyl (C=O) groups is 1. The zero-order valence-electron chi connectivity index (χ0n) is 11.8. The highest BCUT2D eigenvalue weighted by atomic mass is 32.2. The molecule has 0 saturated carbocycles. The summed E-state index contributed by atoms with van der Waals surface area (Å²) in [6, 6.07) is 10.5. The number of rotatable bonds is 3. The number of carbonyl (C=O) groups excluding carboxylic acids is 1. The first-order chi connectivity index (χ1) is 10.5. The van der Waals surface area contributed by atoms with Gasteiger partial charge in [0.25, 0.3) is 0 Å². The minimum absolute atomic E-state index is 0.0192. The number of aromatic nitrogens is 1. The van der Waals surface area contributed by atoms with Crippen LogP contribution in [0.5, 0.6) is 5.75 Å². The number of nitrogens with one attached hydrogen (secondary N) is 1. The van der Waals surface area contributed by atoms with Gasteiger partial charge < -0.3 is 14.6 Å². The summed E-state index contributed by atoms with van der Waals surface area (Å²) in [5.41, 5.74) is 0.958. The lowest BCUT2D eigenvalue weighted by atomic mass is 10.3. The van der Waals surface area contributed by atoms with E-state index in [4.69, 9.17) is 4.74 Å². The number of hydrogen-bond acceptors (Lipinski definition) is 4. The lowest BCUT2D eigenvalue weighted by Crippen LogP contribution is -2.37. The molecule has 116 valence electrons. The van der Waals surface area contributed by atoms with E-state index in [-0.39, 0.29) is 17.5 Å². The van der Waals surface area contributed by atoms with Crippen LogP contribution in [0.4, 0.5) is 4.79 Å². The van der Waals surface area contributed by atoms with Crippen LogP contribution in [0.3, 0.4) is 0 Å². The summed E-state index contributed by atoms with van der Waals surface area (Å²) >= 11 is 0. The van der Waals surface area contributed by atoms with Crippen LogP contribution in [0.2, 0.25) is 0 Å². The summed E-state index contributed by atoms with van der Waals surface area (Å²) in [5, 5.41) is 2.58. The van der Waals surface area contributed by atoms with Gasteiger partial charge in [0.1, 0.15) is 5.75 Å². The number of hydrogen-bond donors (Lipinski definition) is 1. The Bertz CT molecular complexity index is 751. The fraction of sp³-hybridized carbons (Fsp3) is 0.267. The zero-order valence-corrected chi connectivity index (χ0v) is 12.6. The van der Waals surface area contributed by atoms with E-state index >= 15 is 0 Å². The van der Waals surface area contributed by atoms with Gasteiger partial charge >= 0.3 is 6.09 Å². The summed E-state index contributed by atoms with van der Waals surface area (Å²) in [5.74, 6) is 0.507. The third-order valence-corrected chi connectivity index (χ3v) is 5.27. The number of ether oxygens (including phenoxy) is 1. The Morgan fingerprint density at radius 2 is 1.86 bits per heavy atom. The molecule has 0 spiro atoms. The van der Waals surface area contributed by atoms with Gasteiger partial charge in [-0.3, -0.25) is 0 Å². The van der Waals surface area contributed by atoms with Crippen molar-refractivity contribution in [3.8, 4) is 11.4 Å². The number of sulfone groups is 1. The lowest BCUT2D eigenvalue weighted by molar-refractivity contribution is 0.197. The van der Waals surface area contributed by atoms with Crippen molar-refractivity contribution in [2.24, 2.45) is 0 Å². The van der Waals surface area contributed by atoms with E-state index in [1.807, 2.05) is 41.2 Å². The Labute approximate surface area is 128 Å². The fourth-order valence-corrected chi connectivity index (χ4v) is 4.08. The second-order valence-electron chi connectivity index (χ2n) is 5.22. The Balaban J connectivity index is 1.58. The number of amides is 1. The van der Waals surface area contributed by atoms with Crippen LogP contribution in [-0.4, -0.2) is 36.6 Å². The molecule has 2 aromatic rings. The molecule has 3 rings (SSSR count). The minimum atomic E-state index is -3.02. The molecule has 22 heavy (non-hydrogen) atoms. The molecule has 1 atom stereocenters. The van der Waals surface area contributed by atoms with Crippen molar-refractivity contribution in [1.29, 1.82) is 0 Å². The molecule has 1 aromatic carbocycles. The van der Waals surface area contributed by atoms with Gasteiger partial charge in [0.05, 0.1) is 11.5 Å². The topological polar surface area (TPSA) is 77.4 Å². The number of benzene rings is 1. The molecule has 1 aromatic heterocycles. The van der Waals surface area contributed by atoms with E-state index in [2.05, 4.69) is 5.32 Å². The predicted molar refractivity (Wildman–Crippen MR) is 82.0 cm³/mol. The average molecular weight is 320 g/mol. The maximum atomic E-state index is 11.8. The molecule has 0 aliphatic carbocycles. The van der Waals surface area contributed by atoms with Crippen molar-refractivity contribution in [1.82, 2.24) is 9.88 Å². The van der Waals surface area contributed by atoms with Crippen LogP contribution >= 0.6 is 0 Å². The van der Waals surface area contributed by atoms with Gasteiger partial charge in [-0.05, 0) is 42.8 Å². The second kappa shape index (κ2) is 5.84. The summed E-state index contributed by atoms with van der Waals surface area (Å²) in [7, 11) is -3.02. The minimum Gasteiger partial charge on any atom is -0.410 e. The molecule has 6 nitrogen and oxygen atoms in total. The SMILES string of the molecule is O=C(N[C@H]1CCS(=O)(=O)C1)Oc1ccc(-n2cccc2)cc1. The molecule has 1 aliphatic heterocycles. The molecule has 0 unspecified atom stereocenters. The molecular formula is C15H16N2O4S. The quantitative estimate of drug-likeness (QED) is 0.934. The van der Waals surface area contributed by atoms with Crippen LogP contribution in [0.1, 0.15) is 6.42 Å². The highest BCUT2D eigenvalue weighted by Crippen LogP contribution is 2.16. The Morgan fingerprint density at radius 3 is 2.45 bits per heavy atom. The van der Waals surface area contributed by atoms with Crippen LogP contribution < -0.4 is 10.1 Å². The van der Waals surface area contributed by atoms with Crippen molar-refractivity contribution in [3.05, 3.63) is 48.8 Å². The van der Waals surface area contributed by atoms with Gasteiger partial charge in [0.2, 0.25) is 0 Å². The Morgan fingerprint density at radius 1 is 1.18 bits per heavy atom. The van der Waals surface area contributed by atoms with Crippen molar-refractivity contribution >= 4 is 15.9 Å². The maximum Gasteiger partial charge on any atom is 0.412 e. The Kier molecular flexibility index (Phi) is 3.89. The van der Waals surface area contributed by atoms with Crippen molar-refractivity contribution < 1.29 is 17.9 Å². The molecule has 1 aliphatic rings. The van der Waals surface area contributed by atoms with Crippen molar-refractivity contribution in [2.45, 2.75) is 12.5 Å². The average Bonchev–Trinajstić information content (AvgIpc) is 3.09. The normalized spacial score (nSPS) is 19.7. The van der Waals surface area contributed by atoms with Gasteiger partial charge in [-0.1, -0.05) is 0 Å². The largest absolute Gasteiger partial charge is 0.412 e. The highest BCUT2D eigenvalue weighted by molar-refractivity contribution is 7.91. The molecule has 1 saturated heterocycles. The molecule has 1 fully saturated rings. The van der Waals surface area contributed by atoms with Gasteiger partial charge in [0.15, 0.2) is 9.84 Å². The van der Waals surface area contributed by atoms with E-state index in [9.17, 15) is 13.2 Å². The van der Waals surface area contributed by atoms with Crippen LogP contribution in [0, 0.1) is 0 Å². The second-order valence-corrected chi connectivity index (χ2v) is 7.45. The summed E-state index contributed by atoms with van der Waals surface area (Å²) in [6.07, 6.45) is 3.65. The monoisotopic (exact) mass is 320 g/mol. The van der Waals surface area contributed by atoms with Crippen LogP contribution in [0.25, 0.3) is 5.69 Å². The fourth-order valence-electron chi connectivity index (χ4n) is 2.40. The first-order valence-corrected chi connectivity index (χ1v) is 8.76. The van der Waals surface area contributed by atoms with Gasteiger partial charge in [-0.25, -0.2) is 13.2 Å². The molecule has 7 heteroatoms. The number of nitrogens with zero attached hydrogens (tertiary/aromatic N) is 1. The maximum absolute atomic E-state index is 11.8. The van der Waals surface area contributed by atoms with Crippen LogP contribution in [-0.2, 0) is 9.84 Å². The molecule has 0 bridgehead atoms. The van der Waals surface area contributed by atoms with E-state index in [0.29, 0.717) is 12.2 Å². The van der Waals surface area contributed by atoms with Gasteiger partial charge in [0, 0.05) is 24.1 Å². The first-order valence-electron chi connectivity index (χ1n) is 6.94. The zero-order chi connectivity index (χ0) is 15.6. The molecular weight excluding hydrogens is 304 g/mol. The third kappa shape index (κ3) is 3.48. The summed E-state index contributed by atoms with van der Waals surface area (Å²) in [4.78, 5) is 11.8. The predicted octanol–water partition coefficient (Wildman–Crippen LogP) is 1.75. The standard InChI is InChI=1S/C15H16N2O4S/c18-15(16-12-7-10-22(19,20)11-12)21-14-5-3-13(4-6-14)17-8-1-2-9-17/h1-6,8-9,12H,7,10-11H2,(H,16,18)/t12-/m0/s1. The molecule has 1 N–H and O–H groups in total. The summed E-state index contributed by atoms with van der Waals surface area (Å²) < 4.78 is 29.8. The van der Waals surface area contributed by atoms with E-state index in [1.165, 1.54) is 0 Å². The first kappa shape index (κ1) is 14.6. The molecule has 0 radical (unpaired) electrons. The summed E-state index contributed by atoms with van der Waals surface area (Å²) in [6.45, 7) is 0. The molecule has 2 heterocycles. The molecule has 1 amide bonds. The van der Waals surface area contributed by atoms with Gasteiger partial charge in [-0.15, -0.1) is 0 Å². The van der Waals surface area contributed by atoms with E-state index in [1.54, 1.807) is 12.1 Å². The van der Waals surface area contributed by atoms with Crippen molar-refractivity contribution in [2.75, 3.05) is 11.5 Å². The Hall–Kier alpha value is -2.28. The van der Waals surface area contributed by atoms with E-state index < -0.39 is 15.9 Å². The lowest BCUT2D eigenvalue weighted by Gasteiger charge is -2.11. The third-order valence-electron chi connectivity index (χ3n) is 3.50. The highest BCUT2D eigenvalue weighted by Gasteiger charge is 2.29. The van der Waals surface area contributed by atoms with Crippen LogP contribution in [0.15, 0.2) is 48.8 Å². The van der Waals surface area contributed by atoms with Gasteiger partial charge in [-0.2, -0.15) is 0 Å². The van der Waals surface area contributed by atoms with Crippen molar-refractivity contribution in [3.63, 3.8) is 0 Å². The smallest absolute Gasteiger partial charge is 0.410 e. The van der Waals surface area contributed by atoms with E-state index in [0.717, 1.165) is 5.69 Å².